The Bertz CT molecular complexity index is 907. The van der Waals surface area contributed by atoms with E-state index in [0.717, 1.165) is 0 Å². The molecule has 0 saturated carbocycles. The van der Waals surface area contributed by atoms with Crippen molar-refractivity contribution in [1.82, 2.24) is 9.97 Å². The molecule has 8 heteroatoms. The molecule has 3 aromatic rings. The molecule has 0 unspecified atom stereocenters. The number of benzene rings is 2. The lowest BCUT2D eigenvalue weighted by Crippen LogP contribution is -2.06. The molecule has 0 radical (unpaired) electrons. The first-order valence-electron chi connectivity index (χ1n) is 7.46. The van der Waals surface area contributed by atoms with E-state index in [0.29, 0.717) is 47.1 Å². The van der Waals surface area contributed by atoms with Crippen LogP contribution in [0.1, 0.15) is 0 Å². The van der Waals surface area contributed by atoms with E-state index in [1.165, 1.54) is 18.5 Å². The molecule has 130 valence electrons. The molecule has 0 amide bonds. The highest BCUT2D eigenvalue weighted by Gasteiger charge is 2.10. The summed E-state index contributed by atoms with van der Waals surface area (Å²) in [6.07, 6.45) is 1.42. The van der Waals surface area contributed by atoms with Crippen LogP contribution < -0.4 is 15.8 Å². The Morgan fingerprint density at radius 3 is 2.80 bits per heavy atom. The van der Waals surface area contributed by atoms with E-state index in [2.05, 4.69) is 15.3 Å². The molecule has 0 bridgehead atoms. The first-order valence-corrected chi connectivity index (χ1v) is 7.84. The summed E-state index contributed by atoms with van der Waals surface area (Å²) in [4.78, 5) is 8.47. The number of hydrogen-bond acceptors (Lipinski definition) is 6. The fourth-order valence-corrected chi connectivity index (χ4v) is 2.45. The minimum Gasteiger partial charge on any atom is -0.489 e. The smallest absolute Gasteiger partial charge is 0.144 e. The van der Waals surface area contributed by atoms with Gasteiger partial charge in [0.1, 0.15) is 30.3 Å². The molecule has 0 aliphatic carbocycles. The van der Waals surface area contributed by atoms with Gasteiger partial charge in [-0.1, -0.05) is 11.6 Å². The van der Waals surface area contributed by atoms with E-state index in [1.54, 1.807) is 25.3 Å². The number of ether oxygens (including phenoxy) is 2. The monoisotopic (exact) mass is 362 g/mol. The molecule has 0 aliphatic rings. The van der Waals surface area contributed by atoms with Crippen molar-refractivity contribution in [3.63, 3.8) is 0 Å². The van der Waals surface area contributed by atoms with Crippen LogP contribution in [0.15, 0.2) is 36.7 Å². The van der Waals surface area contributed by atoms with Gasteiger partial charge in [-0.3, -0.25) is 0 Å². The molecule has 0 spiro atoms. The van der Waals surface area contributed by atoms with Crippen molar-refractivity contribution in [2.45, 2.75) is 0 Å². The Morgan fingerprint density at radius 2 is 2.04 bits per heavy atom. The van der Waals surface area contributed by atoms with E-state index in [1.807, 2.05) is 0 Å². The van der Waals surface area contributed by atoms with Crippen molar-refractivity contribution in [2.75, 3.05) is 31.4 Å². The zero-order valence-corrected chi connectivity index (χ0v) is 14.2. The third kappa shape index (κ3) is 3.89. The summed E-state index contributed by atoms with van der Waals surface area (Å²) in [7, 11) is 1.60. The Morgan fingerprint density at radius 1 is 1.20 bits per heavy atom. The summed E-state index contributed by atoms with van der Waals surface area (Å²) in [6, 6.07) is 7.80. The van der Waals surface area contributed by atoms with Gasteiger partial charge in [0, 0.05) is 24.2 Å². The molecule has 6 nitrogen and oxygen atoms in total. The van der Waals surface area contributed by atoms with Gasteiger partial charge in [0.05, 0.1) is 22.8 Å². The number of anilines is 3. The zero-order chi connectivity index (χ0) is 17.8. The number of nitrogens with two attached hydrogens (primary N) is 1. The van der Waals surface area contributed by atoms with Crippen LogP contribution in [0.25, 0.3) is 10.9 Å². The average Bonchev–Trinajstić information content (AvgIpc) is 2.59. The second kappa shape index (κ2) is 7.50. The van der Waals surface area contributed by atoms with Crippen LogP contribution in [-0.4, -0.2) is 30.3 Å². The first kappa shape index (κ1) is 17.2. The Balaban J connectivity index is 1.93. The summed E-state index contributed by atoms with van der Waals surface area (Å²) in [5.74, 6) is 0.573. The maximum absolute atomic E-state index is 13.3. The molecular weight excluding hydrogens is 347 g/mol. The van der Waals surface area contributed by atoms with Gasteiger partial charge in [-0.15, -0.1) is 0 Å². The highest BCUT2D eigenvalue weighted by Crippen LogP contribution is 2.31. The topological polar surface area (TPSA) is 82.3 Å². The Hall–Kier alpha value is -2.64. The molecule has 0 aliphatic heterocycles. The van der Waals surface area contributed by atoms with Gasteiger partial charge in [0.25, 0.3) is 0 Å². The molecule has 0 saturated heterocycles. The quantitative estimate of drug-likeness (QED) is 0.513. The number of hydrogen-bond donors (Lipinski definition) is 2. The van der Waals surface area contributed by atoms with Crippen LogP contribution in [0.3, 0.4) is 0 Å². The average molecular weight is 363 g/mol. The molecule has 3 N–H and O–H groups in total. The van der Waals surface area contributed by atoms with Crippen molar-refractivity contribution in [1.29, 1.82) is 0 Å². The molecule has 2 aromatic carbocycles. The lowest BCUT2D eigenvalue weighted by atomic mass is 10.2. The van der Waals surface area contributed by atoms with Crippen LogP contribution >= 0.6 is 11.6 Å². The number of methoxy groups -OCH3 is 1. The van der Waals surface area contributed by atoms with Crippen LogP contribution in [0.4, 0.5) is 21.6 Å². The molecular formula is C17H16ClFN4O2. The van der Waals surface area contributed by atoms with Crippen molar-refractivity contribution >= 4 is 39.7 Å². The van der Waals surface area contributed by atoms with Crippen LogP contribution in [-0.2, 0) is 4.74 Å². The van der Waals surface area contributed by atoms with Gasteiger partial charge in [0.2, 0.25) is 0 Å². The lowest BCUT2D eigenvalue weighted by Gasteiger charge is -2.12. The van der Waals surface area contributed by atoms with Gasteiger partial charge in [-0.25, -0.2) is 14.4 Å². The van der Waals surface area contributed by atoms with E-state index in [-0.39, 0.29) is 5.02 Å². The Kier molecular flexibility index (Phi) is 5.16. The van der Waals surface area contributed by atoms with Crippen LogP contribution in [0.2, 0.25) is 5.02 Å². The summed E-state index contributed by atoms with van der Waals surface area (Å²) in [6.45, 7) is 0.843. The number of halogens is 2. The number of rotatable bonds is 6. The minimum absolute atomic E-state index is 0.0247. The normalized spacial score (nSPS) is 10.8. The van der Waals surface area contributed by atoms with E-state index < -0.39 is 5.82 Å². The van der Waals surface area contributed by atoms with Crippen molar-refractivity contribution < 1.29 is 13.9 Å². The first-order chi connectivity index (χ1) is 12.1. The highest BCUT2D eigenvalue weighted by atomic mass is 35.5. The van der Waals surface area contributed by atoms with E-state index >= 15 is 0 Å². The third-order valence-electron chi connectivity index (χ3n) is 3.49. The highest BCUT2D eigenvalue weighted by molar-refractivity contribution is 6.31. The largest absolute Gasteiger partial charge is 0.489 e. The van der Waals surface area contributed by atoms with Gasteiger partial charge in [0.15, 0.2) is 0 Å². The maximum Gasteiger partial charge on any atom is 0.144 e. The summed E-state index contributed by atoms with van der Waals surface area (Å²) < 4.78 is 23.8. The molecule has 3 rings (SSSR count). The number of nitrogens with zero attached hydrogens (tertiary/aromatic N) is 2. The van der Waals surface area contributed by atoms with Crippen molar-refractivity contribution in [2.24, 2.45) is 0 Å². The van der Waals surface area contributed by atoms with Gasteiger partial charge >= 0.3 is 0 Å². The predicted molar refractivity (Wildman–Crippen MR) is 96.0 cm³/mol. The molecule has 1 heterocycles. The van der Waals surface area contributed by atoms with Crippen molar-refractivity contribution in [3.05, 3.63) is 47.5 Å². The van der Waals surface area contributed by atoms with Gasteiger partial charge in [-0.2, -0.15) is 0 Å². The minimum atomic E-state index is -0.484. The lowest BCUT2D eigenvalue weighted by molar-refractivity contribution is 0.147. The summed E-state index contributed by atoms with van der Waals surface area (Å²) in [5, 5.41) is 3.83. The van der Waals surface area contributed by atoms with Gasteiger partial charge < -0.3 is 20.5 Å². The second-order valence-corrected chi connectivity index (χ2v) is 5.63. The molecule has 1 aromatic heterocycles. The number of fused-ring (bicyclic) bond motifs is 1. The fourth-order valence-electron chi connectivity index (χ4n) is 2.27. The predicted octanol–water partition coefficient (Wildman–Crippen LogP) is 3.77. The zero-order valence-electron chi connectivity index (χ0n) is 13.4. The summed E-state index contributed by atoms with van der Waals surface area (Å²) in [5.41, 5.74) is 7.77. The van der Waals surface area contributed by atoms with Crippen LogP contribution in [0, 0.1) is 5.82 Å². The Labute approximate surface area is 148 Å². The molecule has 25 heavy (non-hydrogen) atoms. The molecule has 0 fully saturated rings. The maximum atomic E-state index is 13.3. The van der Waals surface area contributed by atoms with E-state index in [9.17, 15) is 4.39 Å². The molecule has 0 atom stereocenters. The second-order valence-electron chi connectivity index (χ2n) is 5.22. The van der Waals surface area contributed by atoms with Gasteiger partial charge in [-0.05, 0) is 24.3 Å². The van der Waals surface area contributed by atoms with E-state index in [4.69, 9.17) is 26.8 Å². The van der Waals surface area contributed by atoms with Crippen molar-refractivity contribution in [3.8, 4) is 5.75 Å². The fraction of sp³-hybridized carbons (Fsp3) is 0.176. The third-order valence-corrected chi connectivity index (χ3v) is 3.78. The number of aromatic nitrogens is 2. The standard InChI is InChI=1S/C17H16ClFN4O2/c1-24-4-5-25-16-8-15-11(7-14(16)20)17(22-9-21-15)23-10-2-3-13(19)12(18)6-10/h2-3,6-9H,4-5,20H2,1H3,(H,21,22,23). The number of nitrogen functional groups attached to an aromatic ring is 1. The van der Waals surface area contributed by atoms with Crippen LogP contribution in [0.5, 0.6) is 5.75 Å². The SMILES string of the molecule is COCCOc1cc2ncnc(Nc3ccc(F)c(Cl)c3)c2cc1N. The number of nitrogens with one attached hydrogen (secondary N) is 1. The summed E-state index contributed by atoms with van der Waals surface area (Å²) >= 11 is 5.81.